The largest absolute Gasteiger partial charge is 0.358 e. The Balaban J connectivity index is 1.79. The van der Waals surface area contributed by atoms with Gasteiger partial charge in [0.05, 0.1) is 6.54 Å². The third-order valence-corrected chi connectivity index (χ3v) is 6.40. The van der Waals surface area contributed by atoms with E-state index < -0.39 is 11.8 Å². The normalized spacial score (nSPS) is 20.7. The fourth-order valence-electron chi connectivity index (χ4n) is 4.81. The summed E-state index contributed by atoms with van der Waals surface area (Å²) in [4.78, 5) is 41.6. The van der Waals surface area contributed by atoms with Gasteiger partial charge in [0, 0.05) is 49.0 Å². The van der Waals surface area contributed by atoms with E-state index in [1.807, 2.05) is 95.9 Å². The van der Waals surface area contributed by atoms with Gasteiger partial charge in [0.2, 0.25) is 5.91 Å². The molecule has 1 heterocycles. The molecule has 0 aromatic heterocycles. The van der Waals surface area contributed by atoms with Crippen molar-refractivity contribution in [2.75, 3.05) is 26.7 Å². The molecule has 168 valence electrons. The smallest absolute Gasteiger partial charge is 0.233 e. The number of rotatable bonds is 7. The average molecular weight is 441 g/mol. The monoisotopic (exact) mass is 440 g/mol. The summed E-state index contributed by atoms with van der Waals surface area (Å²) in [5.41, 5.74) is 2.22. The maximum Gasteiger partial charge on any atom is 0.233 e. The molecular weight excluding hydrogens is 412 g/mol. The first-order valence-electron chi connectivity index (χ1n) is 11.2. The highest BCUT2D eigenvalue weighted by Crippen LogP contribution is 2.40. The molecule has 0 unspecified atom stereocenters. The first-order valence-corrected chi connectivity index (χ1v) is 11.2. The SMILES string of the molecule is CNC(=O)CN1C[C@H](C(=O)c2ccccc2)[C@@H](c2ccccc2)[C@H](C(=O)c2ccccc2)C1. The van der Waals surface area contributed by atoms with Crippen molar-refractivity contribution in [1.82, 2.24) is 10.2 Å². The third kappa shape index (κ3) is 5.10. The fraction of sp³-hybridized carbons (Fsp3) is 0.250. The lowest BCUT2D eigenvalue weighted by Crippen LogP contribution is -2.52. The Labute approximate surface area is 194 Å². The second kappa shape index (κ2) is 10.4. The number of piperidine rings is 1. The van der Waals surface area contributed by atoms with Crippen LogP contribution in [0, 0.1) is 11.8 Å². The van der Waals surface area contributed by atoms with Crippen LogP contribution in [0.15, 0.2) is 91.0 Å². The van der Waals surface area contributed by atoms with Crippen LogP contribution in [0.3, 0.4) is 0 Å². The first kappa shape index (κ1) is 22.6. The van der Waals surface area contributed by atoms with Crippen LogP contribution < -0.4 is 5.32 Å². The van der Waals surface area contributed by atoms with Gasteiger partial charge in [-0.1, -0.05) is 91.0 Å². The number of nitrogens with one attached hydrogen (secondary N) is 1. The molecule has 1 aliphatic rings. The van der Waals surface area contributed by atoms with Crippen LogP contribution in [0.1, 0.15) is 32.2 Å². The van der Waals surface area contributed by atoms with E-state index in [1.54, 1.807) is 7.05 Å². The lowest BCUT2D eigenvalue weighted by molar-refractivity contribution is -0.122. The molecule has 33 heavy (non-hydrogen) atoms. The summed E-state index contributed by atoms with van der Waals surface area (Å²) < 4.78 is 0. The molecule has 3 atom stereocenters. The molecule has 1 N–H and O–H groups in total. The Bertz CT molecular complexity index is 1040. The van der Waals surface area contributed by atoms with Crippen molar-refractivity contribution in [3.63, 3.8) is 0 Å². The molecule has 1 fully saturated rings. The van der Waals surface area contributed by atoms with E-state index in [-0.39, 0.29) is 29.9 Å². The van der Waals surface area contributed by atoms with E-state index in [1.165, 1.54) is 0 Å². The number of hydrogen-bond acceptors (Lipinski definition) is 4. The fourth-order valence-corrected chi connectivity index (χ4v) is 4.81. The van der Waals surface area contributed by atoms with E-state index in [2.05, 4.69) is 5.32 Å². The van der Waals surface area contributed by atoms with Crippen LogP contribution in [-0.4, -0.2) is 49.1 Å². The van der Waals surface area contributed by atoms with Crippen molar-refractivity contribution in [3.8, 4) is 0 Å². The predicted molar refractivity (Wildman–Crippen MR) is 128 cm³/mol. The van der Waals surface area contributed by atoms with E-state index in [0.717, 1.165) is 5.56 Å². The number of carbonyl (C=O) groups excluding carboxylic acids is 3. The van der Waals surface area contributed by atoms with Gasteiger partial charge in [-0.3, -0.25) is 19.3 Å². The quantitative estimate of drug-likeness (QED) is 0.567. The van der Waals surface area contributed by atoms with Crippen LogP contribution in [0.2, 0.25) is 0 Å². The second-order valence-electron chi connectivity index (χ2n) is 8.48. The summed E-state index contributed by atoms with van der Waals surface area (Å²) in [6.07, 6.45) is 0. The molecule has 5 nitrogen and oxygen atoms in total. The van der Waals surface area contributed by atoms with Gasteiger partial charge >= 0.3 is 0 Å². The highest BCUT2D eigenvalue weighted by Gasteiger charge is 2.45. The first-order chi connectivity index (χ1) is 16.1. The molecule has 5 heteroatoms. The molecular formula is C28H28N2O3. The highest BCUT2D eigenvalue weighted by molar-refractivity contribution is 6.02. The summed E-state index contributed by atoms with van der Waals surface area (Å²) in [7, 11) is 1.60. The number of carbonyl (C=O) groups is 3. The highest BCUT2D eigenvalue weighted by atomic mass is 16.2. The van der Waals surface area contributed by atoms with Gasteiger partial charge in [-0.2, -0.15) is 0 Å². The van der Waals surface area contributed by atoms with Crippen LogP contribution in [0.25, 0.3) is 0 Å². The van der Waals surface area contributed by atoms with Crippen molar-refractivity contribution in [3.05, 3.63) is 108 Å². The van der Waals surface area contributed by atoms with Crippen LogP contribution in [0.4, 0.5) is 0 Å². The minimum Gasteiger partial charge on any atom is -0.358 e. The lowest BCUT2D eigenvalue weighted by atomic mass is 9.68. The molecule has 0 bridgehead atoms. The van der Waals surface area contributed by atoms with Gasteiger partial charge in [-0.25, -0.2) is 0 Å². The Morgan fingerprint density at radius 2 is 1.15 bits per heavy atom. The molecule has 4 rings (SSSR count). The standard InChI is InChI=1S/C28H28N2O3/c1-29-25(31)19-30-17-23(27(32)21-13-7-3-8-14-21)26(20-11-5-2-6-12-20)24(18-30)28(33)22-15-9-4-10-16-22/h2-16,23-24,26H,17-19H2,1H3,(H,29,31)/t23-,24+,26+. The van der Waals surface area contributed by atoms with E-state index in [4.69, 9.17) is 0 Å². The molecule has 3 aromatic carbocycles. The summed E-state index contributed by atoms with van der Waals surface area (Å²) in [5, 5.41) is 2.66. The summed E-state index contributed by atoms with van der Waals surface area (Å²) >= 11 is 0. The summed E-state index contributed by atoms with van der Waals surface area (Å²) in [6.45, 7) is 0.980. The lowest BCUT2D eigenvalue weighted by Gasteiger charge is -2.42. The van der Waals surface area contributed by atoms with E-state index >= 15 is 0 Å². The van der Waals surface area contributed by atoms with Gasteiger partial charge in [-0.05, 0) is 5.56 Å². The van der Waals surface area contributed by atoms with Crippen LogP contribution in [-0.2, 0) is 4.79 Å². The minimum absolute atomic E-state index is 0.00285. The van der Waals surface area contributed by atoms with Crippen LogP contribution in [0.5, 0.6) is 0 Å². The topological polar surface area (TPSA) is 66.5 Å². The van der Waals surface area contributed by atoms with Gasteiger partial charge < -0.3 is 5.32 Å². The van der Waals surface area contributed by atoms with Gasteiger partial charge in [0.15, 0.2) is 11.6 Å². The Hall–Kier alpha value is -3.57. The Kier molecular flexibility index (Phi) is 7.10. The summed E-state index contributed by atoms with van der Waals surface area (Å²) in [5.74, 6) is -1.33. The molecule has 0 spiro atoms. The number of amides is 1. The zero-order valence-electron chi connectivity index (χ0n) is 18.7. The summed E-state index contributed by atoms with van der Waals surface area (Å²) in [6, 6.07) is 28.2. The van der Waals surface area contributed by atoms with Crippen molar-refractivity contribution in [2.45, 2.75) is 5.92 Å². The van der Waals surface area contributed by atoms with Gasteiger partial charge in [0.1, 0.15) is 0 Å². The Morgan fingerprint density at radius 1 is 0.727 bits per heavy atom. The van der Waals surface area contributed by atoms with E-state index in [0.29, 0.717) is 24.2 Å². The number of hydrogen-bond donors (Lipinski definition) is 1. The number of Topliss-reactive ketones (excluding diaryl/α,β-unsaturated/α-hetero) is 2. The Morgan fingerprint density at radius 3 is 1.58 bits per heavy atom. The number of likely N-dealkylation sites (N-methyl/N-ethyl adjacent to an activating group) is 1. The van der Waals surface area contributed by atoms with Crippen molar-refractivity contribution in [2.24, 2.45) is 11.8 Å². The molecule has 0 radical (unpaired) electrons. The maximum absolute atomic E-state index is 13.8. The van der Waals surface area contributed by atoms with Gasteiger partial charge in [-0.15, -0.1) is 0 Å². The molecule has 1 saturated heterocycles. The number of ketones is 2. The van der Waals surface area contributed by atoms with Crippen molar-refractivity contribution >= 4 is 17.5 Å². The van der Waals surface area contributed by atoms with Crippen molar-refractivity contribution in [1.29, 1.82) is 0 Å². The zero-order valence-corrected chi connectivity index (χ0v) is 18.7. The number of benzene rings is 3. The average Bonchev–Trinajstić information content (AvgIpc) is 2.88. The molecule has 0 aliphatic carbocycles. The molecule has 0 saturated carbocycles. The predicted octanol–water partition coefficient (Wildman–Crippen LogP) is 3.83. The molecule has 1 aliphatic heterocycles. The molecule has 1 amide bonds. The van der Waals surface area contributed by atoms with Crippen LogP contribution >= 0.6 is 0 Å². The maximum atomic E-state index is 13.8. The number of nitrogens with zero attached hydrogens (tertiary/aromatic N) is 1. The van der Waals surface area contributed by atoms with Crippen molar-refractivity contribution < 1.29 is 14.4 Å². The minimum atomic E-state index is -0.453. The van der Waals surface area contributed by atoms with E-state index in [9.17, 15) is 14.4 Å². The second-order valence-corrected chi connectivity index (χ2v) is 8.48. The van der Waals surface area contributed by atoms with Gasteiger partial charge in [0.25, 0.3) is 0 Å². The zero-order chi connectivity index (χ0) is 23.2. The number of likely N-dealkylation sites (tertiary alicyclic amines) is 1. The third-order valence-electron chi connectivity index (χ3n) is 6.40. The molecule has 3 aromatic rings.